The molecule has 0 radical (unpaired) electrons. The van der Waals surface area contributed by atoms with E-state index in [2.05, 4.69) is 45.0 Å². The lowest BCUT2D eigenvalue weighted by molar-refractivity contribution is -0.0836. The largest absolute Gasteiger partial charge is 0.489 e. The van der Waals surface area contributed by atoms with E-state index in [4.69, 9.17) is 14.5 Å². The Morgan fingerprint density at radius 2 is 1.84 bits per heavy atom. The molecular formula is C22H27NO2. The number of aliphatic imine (C=N–C) groups is 1. The number of nitrogens with zero attached hydrogens (tertiary/aromatic N) is 1. The maximum absolute atomic E-state index is 6.19. The molecule has 2 atom stereocenters. The van der Waals surface area contributed by atoms with Gasteiger partial charge in [0.1, 0.15) is 18.0 Å². The van der Waals surface area contributed by atoms with E-state index in [1.807, 2.05) is 30.3 Å². The molecule has 0 saturated carbocycles. The van der Waals surface area contributed by atoms with Gasteiger partial charge in [-0.15, -0.1) is 0 Å². The van der Waals surface area contributed by atoms with Gasteiger partial charge in [0.15, 0.2) is 0 Å². The summed E-state index contributed by atoms with van der Waals surface area (Å²) in [5.74, 6) is 0.874. The summed E-state index contributed by atoms with van der Waals surface area (Å²) in [6.45, 7) is 7.63. The van der Waals surface area contributed by atoms with Gasteiger partial charge in [-0.2, -0.15) is 0 Å². The first-order valence-corrected chi connectivity index (χ1v) is 9.00. The van der Waals surface area contributed by atoms with Crippen molar-refractivity contribution >= 4 is 5.71 Å². The molecule has 0 aliphatic carbocycles. The van der Waals surface area contributed by atoms with E-state index in [0.29, 0.717) is 6.61 Å². The van der Waals surface area contributed by atoms with Gasteiger partial charge in [-0.25, -0.2) is 0 Å². The third-order valence-electron chi connectivity index (χ3n) is 4.75. The summed E-state index contributed by atoms with van der Waals surface area (Å²) in [5, 5.41) is 0. The Hall–Kier alpha value is -2.13. The van der Waals surface area contributed by atoms with Crippen molar-refractivity contribution in [1.29, 1.82) is 0 Å². The molecule has 1 heterocycles. The Labute approximate surface area is 150 Å². The predicted octanol–water partition coefficient (Wildman–Crippen LogP) is 5.14. The molecule has 1 aliphatic rings. The van der Waals surface area contributed by atoms with Crippen molar-refractivity contribution in [3.63, 3.8) is 0 Å². The van der Waals surface area contributed by atoms with Crippen LogP contribution in [0.25, 0.3) is 0 Å². The molecule has 1 aliphatic heterocycles. The first-order chi connectivity index (χ1) is 12.1. The van der Waals surface area contributed by atoms with Crippen LogP contribution >= 0.6 is 0 Å². The zero-order chi connectivity index (χ0) is 17.7. The quantitative estimate of drug-likeness (QED) is 0.707. The summed E-state index contributed by atoms with van der Waals surface area (Å²) in [4.78, 5) is 4.82. The van der Waals surface area contributed by atoms with Gasteiger partial charge < -0.3 is 9.47 Å². The summed E-state index contributed by atoms with van der Waals surface area (Å²) in [5.41, 5.74) is 3.06. The van der Waals surface area contributed by atoms with E-state index in [1.54, 1.807) is 0 Å². The molecule has 2 aromatic rings. The van der Waals surface area contributed by atoms with Crippen molar-refractivity contribution in [2.75, 3.05) is 6.61 Å². The molecule has 0 amide bonds. The van der Waals surface area contributed by atoms with Crippen LogP contribution in [0.3, 0.4) is 0 Å². The first kappa shape index (κ1) is 17.7. The molecule has 0 aromatic heterocycles. The molecule has 2 unspecified atom stereocenters. The van der Waals surface area contributed by atoms with Gasteiger partial charge in [0.25, 0.3) is 0 Å². The monoisotopic (exact) mass is 337 g/mol. The highest BCUT2D eigenvalue weighted by molar-refractivity contribution is 5.79. The standard InChI is InChI=1S/C22H27NO2/c1-17(2)23-21-10-7-15-25-22(21,3)19-11-13-20(14-12-19)24-16-18-8-5-4-6-9-18/h4-6,8-9,11-14,21H,7,10,15-16H2,1-3H3. The van der Waals surface area contributed by atoms with Crippen LogP contribution in [-0.4, -0.2) is 18.4 Å². The van der Waals surface area contributed by atoms with Crippen LogP contribution in [0.5, 0.6) is 5.75 Å². The summed E-state index contributed by atoms with van der Waals surface area (Å²) < 4.78 is 12.1. The van der Waals surface area contributed by atoms with Gasteiger partial charge >= 0.3 is 0 Å². The molecule has 3 heteroatoms. The maximum Gasteiger partial charge on any atom is 0.119 e. The van der Waals surface area contributed by atoms with Crippen molar-refractivity contribution in [2.45, 2.75) is 51.9 Å². The lowest BCUT2D eigenvalue weighted by Crippen LogP contribution is -2.42. The smallest absolute Gasteiger partial charge is 0.119 e. The third kappa shape index (κ3) is 4.29. The van der Waals surface area contributed by atoms with E-state index in [1.165, 1.54) is 5.56 Å². The summed E-state index contributed by atoms with van der Waals surface area (Å²) in [6.07, 6.45) is 2.13. The summed E-state index contributed by atoms with van der Waals surface area (Å²) in [6, 6.07) is 18.7. The molecule has 2 aromatic carbocycles. The molecule has 0 bridgehead atoms. The van der Waals surface area contributed by atoms with Crippen molar-refractivity contribution < 1.29 is 9.47 Å². The first-order valence-electron chi connectivity index (χ1n) is 9.00. The zero-order valence-corrected chi connectivity index (χ0v) is 15.4. The van der Waals surface area contributed by atoms with Crippen LogP contribution in [0.4, 0.5) is 0 Å². The predicted molar refractivity (Wildman–Crippen MR) is 102 cm³/mol. The van der Waals surface area contributed by atoms with Gasteiger partial charge in [0.2, 0.25) is 0 Å². The fourth-order valence-electron chi connectivity index (χ4n) is 3.33. The zero-order valence-electron chi connectivity index (χ0n) is 15.4. The van der Waals surface area contributed by atoms with E-state index in [0.717, 1.165) is 36.5 Å². The molecule has 3 rings (SSSR count). The fourth-order valence-corrected chi connectivity index (χ4v) is 3.33. The molecular weight excluding hydrogens is 310 g/mol. The van der Waals surface area contributed by atoms with Gasteiger partial charge in [-0.05, 0) is 56.9 Å². The normalized spacial score (nSPS) is 23.1. The maximum atomic E-state index is 6.19. The SMILES string of the molecule is CC(C)=NC1CCCOC1(C)c1ccc(OCc2ccccc2)cc1. The van der Waals surface area contributed by atoms with Gasteiger partial charge in [0.05, 0.1) is 6.04 Å². The Balaban J connectivity index is 1.73. The topological polar surface area (TPSA) is 30.8 Å². The van der Waals surface area contributed by atoms with Crippen molar-refractivity contribution in [3.8, 4) is 5.75 Å². The summed E-state index contributed by atoms with van der Waals surface area (Å²) >= 11 is 0. The number of hydrogen-bond acceptors (Lipinski definition) is 3. The van der Waals surface area contributed by atoms with Crippen molar-refractivity contribution in [3.05, 3.63) is 65.7 Å². The molecule has 0 spiro atoms. The van der Waals surface area contributed by atoms with Crippen LogP contribution in [-0.2, 0) is 16.9 Å². The highest BCUT2D eigenvalue weighted by atomic mass is 16.5. The molecule has 1 fully saturated rings. The lowest BCUT2D eigenvalue weighted by Gasteiger charge is -2.40. The number of benzene rings is 2. The van der Waals surface area contributed by atoms with E-state index < -0.39 is 0 Å². The van der Waals surface area contributed by atoms with E-state index in [-0.39, 0.29) is 11.6 Å². The number of hydrogen-bond donors (Lipinski definition) is 0. The minimum Gasteiger partial charge on any atom is -0.489 e. The Morgan fingerprint density at radius 1 is 1.12 bits per heavy atom. The number of rotatable bonds is 5. The minimum atomic E-state index is -0.368. The molecule has 132 valence electrons. The van der Waals surface area contributed by atoms with Crippen LogP contribution in [0.15, 0.2) is 59.6 Å². The molecule has 1 saturated heterocycles. The van der Waals surface area contributed by atoms with Gasteiger partial charge in [-0.1, -0.05) is 42.5 Å². The van der Waals surface area contributed by atoms with Crippen LogP contribution < -0.4 is 4.74 Å². The Kier molecular flexibility index (Phi) is 5.54. The van der Waals surface area contributed by atoms with E-state index in [9.17, 15) is 0 Å². The fraction of sp³-hybridized carbons (Fsp3) is 0.409. The number of ether oxygens (including phenoxy) is 2. The lowest BCUT2D eigenvalue weighted by atomic mass is 9.83. The second kappa shape index (κ2) is 7.83. The van der Waals surface area contributed by atoms with Crippen LogP contribution in [0, 0.1) is 0 Å². The molecule has 0 N–H and O–H groups in total. The highest BCUT2D eigenvalue weighted by Gasteiger charge is 2.39. The van der Waals surface area contributed by atoms with Crippen molar-refractivity contribution in [2.24, 2.45) is 4.99 Å². The van der Waals surface area contributed by atoms with Gasteiger partial charge in [-0.3, -0.25) is 4.99 Å². The van der Waals surface area contributed by atoms with E-state index >= 15 is 0 Å². The Bertz CT molecular complexity index is 705. The van der Waals surface area contributed by atoms with Crippen LogP contribution in [0.1, 0.15) is 44.7 Å². The second-order valence-electron chi connectivity index (χ2n) is 6.99. The average molecular weight is 337 g/mol. The summed E-state index contributed by atoms with van der Waals surface area (Å²) in [7, 11) is 0. The average Bonchev–Trinajstić information content (AvgIpc) is 2.63. The highest BCUT2D eigenvalue weighted by Crippen LogP contribution is 2.37. The Morgan fingerprint density at radius 3 is 2.52 bits per heavy atom. The third-order valence-corrected chi connectivity index (χ3v) is 4.75. The van der Waals surface area contributed by atoms with Crippen LogP contribution in [0.2, 0.25) is 0 Å². The molecule has 3 nitrogen and oxygen atoms in total. The molecule has 25 heavy (non-hydrogen) atoms. The van der Waals surface area contributed by atoms with Crippen molar-refractivity contribution in [1.82, 2.24) is 0 Å². The minimum absolute atomic E-state index is 0.169. The second-order valence-corrected chi connectivity index (χ2v) is 6.99. The van der Waals surface area contributed by atoms with Gasteiger partial charge in [0, 0.05) is 12.3 Å².